The number of nitrogens with one attached hydrogen (secondary N) is 1. The molecule has 1 aliphatic heterocycles. The third kappa shape index (κ3) is 4.21. The van der Waals surface area contributed by atoms with Crippen LogP contribution in [0, 0.1) is 0 Å². The Hall–Kier alpha value is -3.41. The van der Waals surface area contributed by atoms with Gasteiger partial charge in [0.25, 0.3) is 5.91 Å². The summed E-state index contributed by atoms with van der Waals surface area (Å²) < 4.78 is 0. The molecule has 2 heterocycles. The highest BCUT2D eigenvalue weighted by Gasteiger charge is 2.19. The van der Waals surface area contributed by atoms with Gasteiger partial charge in [0.05, 0.1) is 6.20 Å². The van der Waals surface area contributed by atoms with Crippen molar-refractivity contribution in [2.75, 3.05) is 42.3 Å². The Balaban J connectivity index is 1.53. The minimum atomic E-state index is -0.176. The van der Waals surface area contributed by atoms with E-state index in [1.807, 2.05) is 61.5 Å². The Bertz CT molecular complexity index is 980. The monoisotopic (exact) mass is 387 g/mol. The van der Waals surface area contributed by atoms with Crippen molar-refractivity contribution in [2.45, 2.75) is 12.8 Å². The van der Waals surface area contributed by atoms with E-state index in [2.05, 4.69) is 32.3 Å². The number of carbonyl (C=O) groups is 1. The fourth-order valence-electron chi connectivity index (χ4n) is 3.50. The number of nitrogens with zero attached hydrogens (tertiary/aromatic N) is 4. The van der Waals surface area contributed by atoms with Crippen molar-refractivity contribution >= 4 is 23.4 Å². The molecule has 1 fully saturated rings. The van der Waals surface area contributed by atoms with Gasteiger partial charge in [-0.25, -0.2) is 4.98 Å². The molecule has 4 rings (SSSR count). The van der Waals surface area contributed by atoms with Crippen LogP contribution in [0.4, 0.5) is 17.5 Å². The summed E-state index contributed by atoms with van der Waals surface area (Å²) in [6, 6.07) is 17.7. The summed E-state index contributed by atoms with van der Waals surface area (Å²) in [5, 5.41) is 2.96. The first-order valence-electron chi connectivity index (χ1n) is 9.88. The van der Waals surface area contributed by atoms with Gasteiger partial charge in [-0.3, -0.25) is 4.79 Å². The minimum Gasteiger partial charge on any atom is -0.361 e. The zero-order valence-corrected chi connectivity index (χ0v) is 16.8. The first-order chi connectivity index (χ1) is 14.1. The molecule has 6 heteroatoms. The lowest BCUT2D eigenvalue weighted by Gasteiger charge is -2.21. The van der Waals surface area contributed by atoms with Crippen molar-refractivity contribution in [3.8, 4) is 11.1 Å². The molecular formula is C23H25N5O. The molecule has 2 aromatic carbocycles. The SMILES string of the molecule is CN(C)c1nc(N2CCCC2)ncc1NC(=O)c1ccc(-c2ccccc2)cc1. The van der Waals surface area contributed by atoms with Crippen molar-refractivity contribution in [3.05, 3.63) is 66.4 Å². The highest BCUT2D eigenvalue weighted by atomic mass is 16.1. The van der Waals surface area contributed by atoms with Gasteiger partial charge in [-0.2, -0.15) is 4.98 Å². The van der Waals surface area contributed by atoms with Crippen LogP contribution in [-0.2, 0) is 0 Å². The van der Waals surface area contributed by atoms with E-state index in [1.165, 1.54) is 0 Å². The van der Waals surface area contributed by atoms with Crippen LogP contribution in [0.2, 0.25) is 0 Å². The van der Waals surface area contributed by atoms with E-state index in [0.717, 1.165) is 43.0 Å². The summed E-state index contributed by atoms with van der Waals surface area (Å²) in [7, 11) is 3.83. The van der Waals surface area contributed by atoms with Crippen LogP contribution in [0.3, 0.4) is 0 Å². The average molecular weight is 387 g/mol. The molecule has 0 aliphatic carbocycles. The maximum absolute atomic E-state index is 12.8. The molecule has 1 saturated heterocycles. The van der Waals surface area contributed by atoms with Gasteiger partial charge in [-0.15, -0.1) is 0 Å². The quantitative estimate of drug-likeness (QED) is 0.715. The van der Waals surface area contributed by atoms with Crippen molar-refractivity contribution < 1.29 is 4.79 Å². The Morgan fingerprint density at radius 1 is 0.966 bits per heavy atom. The molecule has 1 N–H and O–H groups in total. The van der Waals surface area contributed by atoms with E-state index in [0.29, 0.717) is 17.1 Å². The molecule has 0 saturated carbocycles. The van der Waals surface area contributed by atoms with Gasteiger partial charge in [-0.1, -0.05) is 42.5 Å². The van der Waals surface area contributed by atoms with Crippen LogP contribution in [0.5, 0.6) is 0 Å². The van der Waals surface area contributed by atoms with Crippen LogP contribution in [0.1, 0.15) is 23.2 Å². The summed E-state index contributed by atoms with van der Waals surface area (Å²) in [6.45, 7) is 1.96. The molecule has 0 spiro atoms. The molecule has 29 heavy (non-hydrogen) atoms. The molecule has 1 amide bonds. The fraction of sp³-hybridized carbons (Fsp3) is 0.261. The third-order valence-electron chi connectivity index (χ3n) is 5.07. The zero-order valence-electron chi connectivity index (χ0n) is 16.8. The number of amides is 1. The number of aromatic nitrogens is 2. The minimum absolute atomic E-state index is 0.176. The van der Waals surface area contributed by atoms with Crippen molar-refractivity contribution in [3.63, 3.8) is 0 Å². The summed E-state index contributed by atoms with van der Waals surface area (Å²) >= 11 is 0. The fourth-order valence-corrected chi connectivity index (χ4v) is 3.50. The van der Waals surface area contributed by atoms with Crippen molar-refractivity contribution in [1.29, 1.82) is 0 Å². The number of hydrogen-bond donors (Lipinski definition) is 1. The summed E-state index contributed by atoms with van der Waals surface area (Å²) in [5.74, 6) is 1.25. The molecule has 0 radical (unpaired) electrons. The maximum atomic E-state index is 12.8. The van der Waals surface area contributed by atoms with Crippen molar-refractivity contribution in [2.24, 2.45) is 0 Å². The van der Waals surface area contributed by atoms with Crippen LogP contribution >= 0.6 is 0 Å². The second-order valence-corrected chi connectivity index (χ2v) is 7.39. The van der Waals surface area contributed by atoms with Gasteiger partial charge in [0.2, 0.25) is 5.95 Å². The molecule has 0 bridgehead atoms. The predicted octanol–water partition coefficient (Wildman–Crippen LogP) is 4.06. The Kier molecular flexibility index (Phi) is 5.42. The molecule has 148 valence electrons. The molecule has 6 nitrogen and oxygen atoms in total. The number of carbonyl (C=O) groups excluding carboxylic acids is 1. The van der Waals surface area contributed by atoms with Crippen molar-refractivity contribution in [1.82, 2.24) is 9.97 Å². The van der Waals surface area contributed by atoms with Gasteiger partial charge in [-0.05, 0) is 36.1 Å². The first kappa shape index (κ1) is 18.9. The van der Waals surface area contributed by atoms with E-state index >= 15 is 0 Å². The number of rotatable bonds is 5. The Morgan fingerprint density at radius 2 is 1.62 bits per heavy atom. The Labute approximate surface area is 171 Å². The second kappa shape index (κ2) is 8.31. The Morgan fingerprint density at radius 3 is 2.28 bits per heavy atom. The topological polar surface area (TPSA) is 61.4 Å². The molecule has 0 atom stereocenters. The van der Waals surface area contributed by atoms with Crippen LogP contribution < -0.4 is 15.1 Å². The third-order valence-corrected chi connectivity index (χ3v) is 5.07. The number of hydrogen-bond acceptors (Lipinski definition) is 5. The van der Waals surface area contributed by atoms with E-state index in [1.54, 1.807) is 6.20 Å². The normalized spacial score (nSPS) is 13.4. The lowest BCUT2D eigenvalue weighted by Crippen LogP contribution is -2.23. The molecular weight excluding hydrogens is 362 g/mol. The van der Waals surface area contributed by atoms with Gasteiger partial charge in [0.1, 0.15) is 5.69 Å². The van der Waals surface area contributed by atoms with E-state index in [-0.39, 0.29) is 5.91 Å². The molecule has 1 aliphatic rings. The summed E-state index contributed by atoms with van der Waals surface area (Å²) in [4.78, 5) is 26.0. The summed E-state index contributed by atoms with van der Waals surface area (Å²) in [5.41, 5.74) is 3.41. The molecule has 1 aromatic heterocycles. The first-order valence-corrected chi connectivity index (χ1v) is 9.88. The van der Waals surface area contributed by atoms with Gasteiger partial charge in [0, 0.05) is 32.7 Å². The average Bonchev–Trinajstić information content (AvgIpc) is 3.29. The van der Waals surface area contributed by atoms with E-state index in [4.69, 9.17) is 0 Å². The zero-order chi connectivity index (χ0) is 20.2. The smallest absolute Gasteiger partial charge is 0.255 e. The van der Waals surface area contributed by atoms with Gasteiger partial charge in [0.15, 0.2) is 5.82 Å². The highest BCUT2D eigenvalue weighted by molar-refractivity contribution is 6.05. The number of benzene rings is 2. The number of anilines is 3. The standard InChI is InChI=1S/C23H25N5O/c1-27(2)21-20(16-24-23(26-21)28-14-6-7-15-28)25-22(29)19-12-10-18(11-13-19)17-8-4-3-5-9-17/h3-5,8-13,16H,6-7,14-15H2,1-2H3,(H,25,29). The lowest BCUT2D eigenvalue weighted by atomic mass is 10.0. The van der Waals surface area contributed by atoms with Crippen LogP contribution in [0.15, 0.2) is 60.8 Å². The van der Waals surface area contributed by atoms with E-state index < -0.39 is 0 Å². The lowest BCUT2D eigenvalue weighted by molar-refractivity contribution is 0.102. The van der Waals surface area contributed by atoms with Gasteiger partial charge < -0.3 is 15.1 Å². The largest absolute Gasteiger partial charge is 0.361 e. The van der Waals surface area contributed by atoms with Crippen LogP contribution in [0.25, 0.3) is 11.1 Å². The molecule has 0 unspecified atom stereocenters. The second-order valence-electron chi connectivity index (χ2n) is 7.39. The van der Waals surface area contributed by atoms with Crippen LogP contribution in [-0.4, -0.2) is 43.1 Å². The van der Waals surface area contributed by atoms with E-state index in [9.17, 15) is 4.79 Å². The summed E-state index contributed by atoms with van der Waals surface area (Å²) in [6.07, 6.45) is 4.03. The molecule has 3 aromatic rings. The highest BCUT2D eigenvalue weighted by Crippen LogP contribution is 2.26. The maximum Gasteiger partial charge on any atom is 0.255 e. The predicted molar refractivity (Wildman–Crippen MR) is 118 cm³/mol. The van der Waals surface area contributed by atoms with Gasteiger partial charge >= 0.3 is 0 Å².